The van der Waals surface area contributed by atoms with Gasteiger partial charge in [-0.25, -0.2) is 0 Å². The number of amides is 1. The van der Waals surface area contributed by atoms with E-state index in [9.17, 15) is 4.79 Å². The zero-order chi connectivity index (χ0) is 20.1. The summed E-state index contributed by atoms with van der Waals surface area (Å²) in [7, 11) is 1.66. The molecule has 0 aliphatic carbocycles. The molecule has 3 rings (SSSR count). The first-order chi connectivity index (χ1) is 13.4. The number of piperazine rings is 1. The van der Waals surface area contributed by atoms with Gasteiger partial charge in [0.25, 0.3) is 5.91 Å². The number of methoxy groups -OCH3 is 1. The maximum absolute atomic E-state index is 12.5. The van der Waals surface area contributed by atoms with Crippen LogP contribution in [0.3, 0.4) is 0 Å². The summed E-state index contributed by atoms with van der Waals surface area (Å²) in [6.45, 7) is 13.0. The lowest BCUT2D eigenvalue weighted by Crippen LogP contribution is -2.53. The molecule has 0 bridgehead atoms. The quantitative estimate of drug-likeness (QED) is 0.777. The first kappa shape index (κ1) is 20.6. The molecule has 0 atom stereocenters. The third-order valence-corrected chi connectivity index (χ3v) is 5.57. The molecule has 152 valence electrons. The summed E-state index contributed by atoms with van der Waals surface area (Å²) in [4.78, 5) is 17.5. The van der Waals surface area contributed by atoms with Crippen molar-refractivity contribution in [1.82, 2.24) is 15.1 Å². The predicted octanol–water partition coefficient (Wildman–Crippen LogP) is 3.38. The monoisotopic (exact) mass is 383 g/mol. The van der Waals surface area contributed by atoms with Crippen molar-refractivity contribution in [1.29, 1.82) is 0 Å². The van der Waals surface area contributed by atoms with E-state index < -0.39 is 0 Å². The molecule has 1 heterocycles. The van der Waals surface area contributed by atoms with Crippen LogP contribution in [0.25, 0.3) is 10.8 Å². The van der Waals surface area contributed by atoms with Gasteiger partial charge in [0.05, 0.1) is 7.11 Å². The molecule has 2 aromatic rings. The Kier molecular flexibility index (Phi) is 6.57. The molecule has 2 aromatic carbocycles. The van der Waals surface area contributed by atoms with Crippen molar-refractivity contribution in [3.63, 3.8) is 0 Å². The van der Waals surface area contributed by atoms with Crippen molar-refractivity contribution in [3.05, 3.63) is 42.0 Å². The maximum Gasteiger partial charge on any atom is 0.251 e. The number of carbonyl (C=O) groups excluding carboxylic acids is 1. The summed E-state index contributed by atoms with van der Waals surface area (Å²) >= 11 is 0. The van der Waals surface area contributed by atoms with Gasteiger partial charge in [-0.3, -0.25) is 9.69 Å². The van der Waals surface area contributed by atoms with E-state index in [0.717, 1.165) is 55.7 Å². The van der Waals surface area contributed by atoms with Gasteiger partial charge in [-0.2, -0.15) is 0 Å². The number of hydrogen-bond acceptors (Lipinski definition) is 4. The van der Waals surface area contributed by atoms with Gasteiger partial charge >= 0.3 is 0 Å². The Balaban J connectivity index is 1.43. The number of fused-ring (bicyclic) bond motifs is 1. The molecule has 0 spiro atoms. The molecule has 1 saturated heterocycles. The number of nitrogens with zero attached hydrogens (tertiary/aromatic N) is 2. The van der Waals surface area contributed by atoms with Gasteiger partial charge < -0.3 is 15.0 Å². The predicted molar refractivity (Wildman–Crippen MR) is 115 cm³/mol. The highest BCUT2D eigenvalue weighted by Crippen LogP contribution is 2.22. The lowest BCUT2D eigenvalue weighted by Gasteiger charge is -2.42. The minimum Gasteiger partial charge on any atom is -0.497 e. The van der Waals surface area contributed by atoms with Crippen molar-refractivity contribution in [3.8, 4) is 5.75 Å². The van der Waals surface area contributed by atoms with E-state index in [1.165, 1.54) is 0 Å². The van der Waals surface area contributed by atoms with Gasteiger partial charge in [-0.05, 0) is 68.8 Å². The Morgan fingerprint density at radius 1 is 1.04 bits per heavy atom. The zero-order valence-corrected chi connectivity index (χ0v) is 17.6. The number of carbonyl (C=O) groups is 1. The first-order valence-corrected chi connectivity index (χ1v) is 10.2. The molecule has 1 aliphatic rings. The Bertz CT molecular complexity index is 805. The minimum absolute atomic E-state index is 0.00438. The number of benzene rings is 2. The average molecular weight is 384 g/mol. The smallest absolute Gasteiger partial charge is 0.251 e. The number of ether oxygens (including phenoxy) is 1. The van der Waals surface area contributed by atoms with Crippen LogP contribution in [-0.4, -0.2) is 67.6 Å². The van der Waals surface area contributed by atoms with Gasteiger partial charge in [-0.15, -0.1) is 0 Å². The molecule has 0 saturated carbocycles. The fraction of sp³-hybridized carbons (Fsp3) is 0.522. The van der Waals surface area contributed by atoms with E-state index >= 15 is 0 Å². The van der Waals surface area contributed by atoms with Crippen LogP contribution in [0.15, 0.2) is 36.4 Å². The Hall–Kier alpha value is -2.11. The van der Waals surface area contributed by atoms with Crippen LogP contribution in [0.4, 0.5) is 0 Å². The Morgan fingerprint density at radius 3 is 2.39 bits per heavy atom. The standard InChI is InChI=1S/C23H33N3O2/c1-23(2,3)26-14-12-25(13-15-26)11-5-10-24-22(27)20-7-6-19-17-21(28-4)9-8-18(19)16-20/h6-9,16-17H,5,10-15H2,1-4H3,(H,24,27). The van der Waals surface area contributed by atoms with E-state index in [0.29, 0.717) is 12.1 Å². The maximum atomic E-state index is 12.5. The molecule has 1 N–H and O–H groups in total. The Morgan fingerprint density at radius 2 is 1.71 bits per heavy atom. The molecule has 5 heteroatoms. The summed E-state index contributed by atoms with van der Waals surface area (Å²) in [5, 5.41) is 5.18. The van der Waals surface area contributed by atoms with Gasteiger partial charge in [0.15, 0.2) is 0 Å². The molecular weight excluding hydrogens is 350 g/mol. The largest absolute Gasteiger partial charge is 0.497 e. The van der Waals surface area contributed by atoms with Gasteiger partial charge in [0, 0.05) is 43.8 Å². The van der Waals surface area contributed by atoms with Gasteiger partial charge in [0.1, 0.15) is 5.75 Å². The van der Waals surface area contributed by atoms with Crippen LogP contribution in [0.5, 0.6) is 5.75 Å². The third kappa shape index (κ3) is 5.24. The fourth-order valence-electron chi connectivity index (χ4n) is 3.74. The van der Waals surface area contributed by atoms with E-state index in [-0.39, 0.29) is 11.4 Å². The van der Waals surface area contributed by atoms with Crippen LogP contribution in [0.2, 0.25) is 0 Å². The molecule has 0 unspecified atom stereocenters. The first-order valence-electron chi connectivity index (χ1n) is 10.2. The minimum atomic E-state index is -0.00438. The van der Waals surface area contributed by atoms with Crippen LogP contribution < -0.4 is 10.1 Å². The van der Waals surface area contributed by atoms with E-state index in [1.807, 2.05) is 36.4 Å². The normalized spacial score (nSPS) is 16.3. The van der Waals surface area contributed by atoms with Crippen LogP contribution in [0, 0.1) is 0 Å². The SMILES string of the molecule is COc1ccc2cc(C(=O)NCCCN3CCN(C(C)(C)C)CC3)ccc2c1. The van der Waals surface area contributed by atoms with Crippen molar-refractivity contribution in [2.45, 2.75) is 32.7 Å². The molecule has 1 fully saturated rings. The van der Waals surface area contributed by atoms with Crippen LogP contribution >= 0.6 is 0 Å². The number of hydrogen-bond donors (Lipinski definition) is 1. The van der Waals surface area contributed by atoms with E-state index in [4.69, 9.17) is 4.74 Å². The summed E-state index contributed by atoms with van der Waals surface area (Å²) in [6, 6.07) is 11.7. The van der Waals surface area contributed by atoms with Crippen LogP contribution in [0.1, 0.15) is 37.6 Å². The zero-order valence-electron chi connectivity index (χ0n) is 17.6. The average Bonchev–Trinajstić information content (AvgIpc) is 2.70. The lowest BCUT2D eigenvalue weighted by atomic mass is 10.0. The second-order valence-electron chi connectivity index (χ2n) is 8.54. The summed E-state index contributed by atoms with van der Waals surface area (Å²) in [5.74, 6) is 0.823. The highest BCUT2D eigenvalue weighted by Gasteiger charge is 2.25. The van der Waals surface area contributed by atoms with Gasteiger partial charge in [-0.1, -0.05) is 12.1 Å². The van der Waals surface area contributed by atoms with Crippen molar-refractivity contribution >= 4 is 16.7 Å². The lowest BCUT2D eigenvalue weighted by molar-refractivity contribution is 0.0617. The molecule has 1 amide bonds. The second-order valence-corrected chi connectivity index (χ2v) is 8.54. The van der Waals surface area contributed by atoms with Crippen molar-refractivity contribution < 1.29 is 9.53 Å². The summed E-state index contributed by atoms with van der Waals surface area (Å²) in [5.41, 5.74) is 0.960. The molecule has 5 nitrogen and oxygen atoms in total. The molecular formula is C23H33N3O2. The highest BCUT2D eigenvalue weighted by molar-refractivity contribution is 5.98. The highest BCUT2D eigenvalue weighted by atomic mass is 16.5. The summed E-state index contributed by atoms with van der Waals surface area (Å²) < 4.78 is 5.25. The van der Waals surface area contributed by atoms with Crippen molar-refractivity contribution in [2.24, 2.45) is 0 Å². The van der Waals surface area contributed by atoms with E-state index in [2.05, 4.69) is 35.9 Å². The van der Waals surface area contributed by atoms with E-state index in [1.54, 1.807) is 7.11 Å². The summed E-state index contributed by atoms with van der Waals surface area (Å²) in [6.07, 6.45) is 0.978. The topological polar surface area (TPSA) is 44.8 Å². The fourth-order valence-corrected chi connectivity index (χ4v) is 3.74. The second kappa shape index (κ2) is 8.93. The molecule has 1 aliphatic heterocycles. The number of nitrogens with one attached hydrogen (secondary N) is 1. The number of rotatable bonds is 6. The van der Waals surface area contributed by atoms with Gasteiger partial charge in [0.2, 0.25) is 0 Å². The van der Waals surface area contributed by atoms with Crippen LogP contribution in [-0.2, 0) is 0 Å². The molecule has 28 heavy (non-hydrogen) atoms. The van der Waals surface area contributed by atoms with Crippen molar-refractivity contribution in [2.75, 3.05) is 46.4 Å². The molecule has 0 aromatic heterocycles. The Labute approximate surface area is 168 Å². The third-order valence-electron chi connectivity index (χ3n) is 5.57. The molecule has 0 radical (unpaired) electrons.